The summed E-state index contributed by atoms with van der Waals surface area (Å²) in [6.45, 7) is 2.14. The van der Waals surface area contributed by atoms with Crippen LogP contribution in [-0.2, 0) is 9.53 Å². The van der Waals surface area contributed by atoms with E-state index in [0.29, 0.717) is 17.7 Å². The van der Waals surface area contributed by atoms with Crippen LogP contribution in [-0.4, -0.2) is 60.5 Å². The van der Waals surface area contributed by atoms with Gasteiger partial charge in [-0.1, -0.05) is 0 Å². The highest BCUT2D eigenvalue weighted by Gasteiger charge is 2.47. The fourth-order valence-corrected chi connectivity index (χ4v) is 2.44. The zero-order valence-electron chi connectivity index (χ0n) is 11.7. The molecule has 118 valence electrons. The number of nitrogens with one attached hydrogen (secondary N) is 1. The number of carbonyl (C=O) groups excluding carboxylic acids is 1. The molecule has 1 fully saturated rings. The monoisotopic (exact) mass is 308 g/mol. The highest BCUT2D eigenvalue weighted by Crippen LogP contribution is 2.31. The van der Waals surface area contributed by atoms with Crippen molar-refractivity contribution in [2.24, 2.45) is 0 Å². The number of carbonyl (C=O) groups is 1. The minimum absolute atomic E-state index is 0.192. The van der Waals surface area contributed by atoms with Gasteiger partial charge in [0.25, 0.3) is 5.91 Å². The van der Waals surface area contributed by atoms with Crippen molar-refractivity contribution < 1.29 is 19.7 Å². The average molecular weight is 308 g/mol. The van der Waals surface area contributed by atoms with Crippen molar-refractivity contribution in [1.82, 2.24) is 24.8 Å². The maximum Gasteiger partial charge on any atom is 0.252 e. The van der Waals surface area contributed by atoms with Gasteiger partial charge in [-0.05, 0) is 6.92 Å². The van der Waals surface area contributed by atoms with Gasteiger partial charge in [-0.2, -0.15) is 0 Å². The summed E-state index contributed by atoms with van der Waals surface area (Å²) in [6, 6.07) is 0. The third-order valence-electron chi connectivity index (χ3n) is 3.51. The number of nitrogen functional groups attached to an aromatic ring is 1. The molecule has 10 nitrogen and oxygen atoms in total. The lowest BCUT2D eigenvalue weighted by molar-refractivity contribution is -0.137. The number of nitrogens with two attached hydrogens (primary N) is 1. The summed E-state index contributed by atoms with van der Waals surface area (Å²) in [5.74, 6) is -0.299. The van der Waals surface area contributed by atoms with E-state index >= 15 is 0 Å². The van der Waals surface area contributed by atoms with Crippen molar-refractivity contribution in [3.63, 3.8) is 0 Å². The lowest BCUT2D eigenvalue weighted by Crippen LogP contribution is -2.42. The summed E-state index contributed by atoms with van der Waals surface area (Å²) in [6.07, 6.45) is -2.20. The number of amides is 1. The molecule has 0 saturated carbocycles. The molecular weight excluding hydrogens is 292 g/mol. The quantitative estimate of drug-likeness (QED) is 0.517. The molecule has 5 N–H and O–H groups in total. The lowest BCUT2D eigenvalue weighted by Gasteiger charge is -2.16. The number of aliphatic hydroxyl groups is 2. The Morgan fingerprint density at radius 3 is 2.91 bits per heavy atom. The van der Waals surface area contributed by atoms with Gasteiger partial charge in [0.2, 0.25) is 0 Å². The summed E-state index contributed by atoms with van der Waals surface area (Å²) in [5.41, 5.74) is 6.40. The number of hydrogen-bond acceptors (Lipinski definition) is 8. The Hall–Kier alpha value is -2.30. The summed E-state index contributed by atoms with van der Waals surface area (Å²) in [5, 5.41) is 22.7. The minimum Gasteiger partial charge on any atom is -0.387 e. The molecule has 22 heavy (non-hydrogen) atoms. The molecule has 0 aliphatic carbocycles. The first kappa shape index (κ1) is 14.6. The van der Waals surface area contributed by atoms with Crippen LogP contribution in [0.15, 0.2) is 12.7 Å². The SMILES string of the molecule is CCNC(=O)[C@@H]1O[C@@H](n2cnc3c(N)ncnc32)[C@H](O)[C@@H]1O. The van der Waals surface area contributed by atoms with Crippen molar-refractivity contribution in [1.29, 1.82) is 0 Å². The number of fused-ring (bicyclic) bond motifs is 1. The maximum atomic E-state index is 11.9. The Kier molecular flexibility index (Phi) is 3.64. The number of imidazole rings is 1. The number of anilines is 1. The van der Waals surface area contributed by atoms with Gasteiger partial charge in [0.05, 0.1) is 6.33 Å². The second-order valence-corrected chi connectivity index (χ2v) is 4.91. The average Bonchev–Trinajstić information content (AvgIpc) is 3.03. The van der Waals surface area contributed by atoms with E-state index in [-0.39, 0.29) is 5.82 Å². The zero-order chi connectivity index (χ0) is 15.9. The molecule has 0 radical (unpaired) electrons. The number of hydrogen-bond donors (Lipinski definition) is 4. The van der Waals surface area contributed by atoms with Crippen LogP contribution in [0.25, 0.3) is 11.2 Å². The van der Waals surface area contributed by atoms with E-state index in [9.17, 15) is 15.0 Å². The first-order valence-electron chi connectivity index (χ1n) is 6.77. The third kappa shape index (κ3) is 2.17. The van der Waals surface area contributed by atoms with E-state index in [2.05, 4.69) is 20.3 Å². The highest BCUT2D eigenvalue weighted by atomic mass is 16.6. The topological polar surface area (TPSA) is 148 Å². The van der Waals surface area contributed by atoms with Crippen molar-refractivity contribution in [2.45, 2.75) is 31.5 Å². The second-order valence-electron chi connectivity index (χ2n) is 4.91. The van der Waals surface area contributed by atoms with E-state index in [1.54, 1.807) is 6.92 Å². The Labute approximate surface area is 124 Å². The molecule has 0 spiro atoms. The highest BCUT2D eigenvalue weighted by molar-refractivity contribution is 5.82. The molecule has 1 amide bonds. The molecule has 4 atom stereocenters. The van der Waals surface area contributed by atoms with Gasteiger partial charge >= 0.3 is 0 Å². The van der Waals surface area contributed by atoms with Crippen LogP contribution >= 0.6 is 0 Å². The fraction of sp³-hybridized carbons (Fsp3) is 0.500. The first-order valence-corrected chi connectivity index (χ1v) is 6.77. The van der Waals surface area contributed by atoms with E-state index in [0.717, 1.165) is 0 Å². The molecule has 10 heteroatoms. The summed E-state index contributed by atoms with van der Waals surface area (Å²) in [7, 11) is 0. The van der Waals surface area contributed by atoms with Gasteiger partial charge < -0.3 is 26.0 Å². The van der Waals surface area contributed by atoms with Gasteiger partial charge in [-0.25, -0.2) is 15.0 Å². The van der Waals surface area contributed by atoms with Crippen molar-refractivity contribution >= 4 is 22.9 Å². The molecule has 1 aliphatic rings. The number of likely N-dealkylation sites (N-methyl/N-ethyl adjacent to an activating group) is 1. The number of rotatable bonds is 3. The van der Waals surface area contributed by atoms with E-state index in [4.69, 9.17) is 10.5 Å². The van der Waals surface area contributed by atoms with Crippen LogP contribution in [0.3, 0.4) is 0 Å². The molecule has 3 heterocycles. The first-order chi connectivity index (χ1) is 10.5. The predicted octanol–water partition coefficient (Wildman–Crippen LogP) is -1.84. The number of ether oxygens (including phenoxy) is 1. The smallest absolute Gasteiger partial charge is 0.252 e. The molecule has 0 aromatic carbocycles. The Balaban J connectivity index is 1.94. The molecule has 0 unspecified atom stereocenters. The Bertz CT molecular complexity index is 704. The van der Waals surface area contributed by atoms with E-state index in [1.807, 2.05) is 0 Å². The van der Waals surface area contributed by atoms with Crippen LogP contribution in [0.5, 0.6) is 0 Å². The number of aromatic nitrogens is 4. The number of aliphatic hydroxyl groups excluding tert-OH is 2. The zero-order valence-corrected chi connectivity index (χ0v) is 11.7. The molecule has 1 saturated heterocycles. The standard InChI is InChI=1S/C12H16N6O4/c1-2-14-11(21)8-6(19)7(20)12(22-8)18-4-17-5-9(13)15-3-16-10(5)18/h3-4,6-8,12,19-20H,2H2,1H3,(H,14,21)(H2,13,15,16)/t6-,7+,8+,12+/m0/s1. The van der Waals surface area contributed by atoms with Crippen molar-refractivity contribution in [3.05, 3.63) is 12.7 Å². The van der Waals surface area contributed by atoms with Crippen molar-refractivity contribution in [2.75, 3.05) is 12.3 Å². The van der Waals surface area contributed by atoms with Crippen LogP contribution in [0.1, 0.15) is 13.2 Å². The van der Waals surface area contributed by atoms with Gasteiger partial charge in [-0.3, -0.25) is 9.36 Å². The van der Waals surface area contributed by atoms with Gasteiger partial charge in [0, 0.05) is 6.54 Å². The fourth-order valence-electron chi connectivity index (χ4n) is 2.44. The Morgan fingerprint density at radius 1 is 1.41 bits per heavy atom. The normalized spacial score (nSPS) is 28.1. The summed E-state index contributed by atoms with van der Waals surface area (Å²) < 4.78 is 6.92. The van der Waals surface area contributed by atoms with Crippen LogP contribution in [0.4, 0.5) is 5.82 Å². The van der Waals surface area contributed by atoms with E-state index in [1.165, 1.54) is 17.2 Å². The molecule has 3 rings (SSSR count). The molecular formula is C12H16N6O4. The van der Waals surface area contributed by atoms with Crippen LogP contribution < -0.4 is 11.1 Å². The largest absolute Gasteiger partial charge is 0.387 e. The third-order valence-corrected chi connectivity index (χ3v) is 3.51. The molecule has 1 aliphatic heterocycles. The maximum absolute atomic E-state index is 11.9. The summed E-state index contributed by atoms with van der Waals surface area (Å²) in [4.78, 5) is 23.8. The van der Waals surface area contributed by atoms with Gasteiger partial charge in [0.15, 0.2) is 23.8 Å². The molecule has 0 bridgehead atoms. The van der Waals surface area contributed by atoms with Gasteiger partial charge in [-0.15, -0.1) is 0 Å². The molecule has 2 aromatic rings. The minimum atomic E-state index is -1.35. The number of nitrogens with zero attached hydrogens (tertiary/aromatic N) is 4. The van der Waals surface area contributed by atoms with Crippen LogP contribution in [0, 0.1) is 0 Å². The lowest BCUT2D eigenvalue weighted by atomic mass is 10.1. The van der Waals surface area contributed by atoms with Gasteiger partial charge in [0.1, 0.15) is 24.1 Å². The van der Waals surface area contributed by atoms with Crippen LogP contribution in [0.2, 0.25) is 0 Å². The van der Waals surface area contributed by atoms with E-state index < -0.39 is 30.4 Å². The second kappa shape index (κ2) is 5.48. The predicted molar refractivity (Wildman–Crippen MR) is 74.3 cm³/mol. The summed E-state index contributed by atoms with van der Waals surface area (Å²) >= 11 is 0. The van der Waals surface area contributed by atoms with Crippen molar-refractivity contribution in [3.8, 4) is 0 Å². The Morgan fingerprint density at radius 2 is 2.18 bits per heavy atom. The molecule has 2 aromatic heterocycles.